The van der Waals surface area contributed by atoms with E-state index in [4.69, 9.17) is 4.98 Å². The van der Waals surface area contributed by atoms with Gasteiger partial charge >= 0.3 is 0 Å². The van der Waals surface area contributed by atoms with Gasteiger partial charge in [0.25, 0.3) is 0 Å². The number of rotatable bonds is 0. The summed E-state index contributed by atoms with van der Waals surface area (Å²) in [5.41, 5.74) is 2.61. The van der Waals surface area contributed by atoms with Crippen LogP contribution in [0.2, 0.25) is 0 Å². The van der Waals surface area contributed by atoms with Crippen molar-refractivity contribution < 1.29 is 20.4 Å². The highest BCUT2D eigenvalue weighted by molar-refractivity contribution is 6.02. The summed E-state index contributed by atoms with van der Waals surface area (Å²) in [4.78, 5) is 9.36. The van der Waals surface area contributed by atoms with Crippen LogP contribution in [0.15, 0.2) is 18.2 Å². The molecule has 0 amide bonds. The highest BCUT2D eigenvalue weighted by atomic mass is 16.3. The second-order valence-electron chi connectivity index (χ2n) is 9.52. The van der Waals surface area contributed by atoms with Crippen molar-refractivity contribution in [2.75, 3.05) is 0 Å². The minimum Gasteiger partial charge on any atom is -0.503 e. The maximum atomic E-state index is 10.6. The van der Waals surface area contributed by atoms with Crippen LogP contribution in [0, 0.1) is 0 Å². The van der Waals surface area contributed by atoms with Crippen molar-refractivity contribution in [1.82, 2.24) is 14.4 Å². The van der Waals surface area contributed by atoms with Crippen molar-refractivity contribution in [2.24, 2.45) is 0 Å². The van der Waals surface area contributed by atoms with E-state index in [0.717, 1.165) is 22.3 Å². The van der Waals surface area contributed by atoms with E-state index >= 15 is 0 Å². The third-order valence-electron chi connectivity index (χ3n) is 5.22. The van der Waals surface area contributed by atoms with Gasteiger partial charge < -0.3 is 20.4 Å². The van der Waals surface area contributed by atoms with Gasteiger partial charge in [-0.25, -0.2) is 4.98 Å². The number of pyridine rings is 2. The number of fused-ring (bicyclic) bond motifs is 5. The maximum absolute atomic E-state index is 10.6. The summed E-state index contributed by atoms with van der Waals surface area (Å²) in [6.45, 7) is 12.3. The lowest BCUT2D eigenvalue weighted by Crippen LogP contribution is -2.17. The fourth-order valence-corrected chi connectivity index (χ4v) is 3.61. The molecule has 0 bridgehead atoms. The van der Waals surface area contributed by atoms with E-state index in [1.165, 1.54) is 0 Å². The largest absolute Gasteiger partial charge is 0.503 e. The first-order valence-corrected chi connectivity index (χ1v) is 9.45. The highest BCUT2D eigenvalue weighted by Crippen LogP contribution is 2.49. The SMILES string of the molecule is CC(C)(C)c1ccc2c(cc(C(C)(C)C)n3c2nc2c(O)c(O)c(O)c(O)c23)n1. The van der Waals surface area contributed by atoms with E-state index in [1.807, 2.05) is 39.0 Å². The van der Waals surface area contributed by atoms with Gasteiger partial charge in [0, 0.05) is 27.6 Å². The molecular formula is C22H25N3O4. The summed E-state index contributed by atoms with van der Waals surface area (Å²) >= 11 is 0. The molecule has 0 aliphatic carbocycles. The smallest absolute Gasteiger partial charge is 0.206 e. The average Bonchev–Trinajstić information content (AvgIpc) is 3.02. The third-order valence-corrected chi connectivity index (χ3v) is 5.22. The molecule has 4 N–H and O–H groups in total. The quantitative estimate of drug-likeness (QED) is 0.258. The van der Waals surface area contributed by atoms with Crippen LogP contribution < -0.4 is 0 Å². The molecule has 0 radical (unpaired) electrons. The van der Waals surface area contributed by atoms with Crippen LogP contribution in [0.5, 0.6) is 23.0 Å². The van der Waals surface area contributed by atoms with Gasteiger partial charge in [-0.05, 0) is 18.2 Å². The predicted molar refractivity (Wildman–Crippen MR) is 112 cm³/mol. The number of phenolic OH excluding ortho intramolecular Hbond substituents is 4. The Morgan fingerprint density at radius 3 is 1.97 bits per heavy atom. The zero-order valence-electron chi connectivity index (χ0n) is 17.4. The third kappa shape index (κ3) is 2.64. The minimum atomic E-state index is -0.798. The highest BCUT2D eigenvalue weighted by Gasteiger charge is 2.28. The first-order valence-electron chi connectivity index (χ1n) is 9.45. The van der Waals surface area contributed by atoms with E-state index in [9.17, 15) is 20.4 Å². The van der Waals surface area contributed by atoms with Crippen molar-refractivity contribution in [3.63, 3.8) is 0 Å². The Kier molecular flexibility index (Phi) is 3.73. The molecule has 1 aromatic carbocycles. The van der Waals surface area contributed by atoms with Gasteiger partial charge in [-0.1, -0.05) is 41.5 Å². The molecule has 3 aromatic heterocycles. The molecule has 0 fully saturated rings. The number of imidazole rings is 1. The molecule has 0 aliphatic heterocycles. The number of aromatic hydroxyl groups is 4. The summed E-state index contributed by atoms with van der Waals surface area (Å²) in [5, 5.41) is 41.7. The van der Waals surface area contributed by atoms with Crippen LogP contribution in [-0.4, -0.2) is 34.8 Å². The Morgan fingerprint density at radius 1 is 0.759 bits per heavy atom. The van der Waals surface area contributed by atoms with Crippen LogP contribution in [0.25, 0.3) is 27.6 Å². The lowest BCUT2D eigenvalue weighted by Gasteiger charge is -2.23. The number of benzene rings is 1. The summed E-state index contributed by atoms with van der Waals surface area (Å²) in [7, 11) is 0. The van der Waals surface area contributed by atoms with Gasteiger partial charge in [0.2, 0.25) is 11.5 Å². The topological polar surface area (TPSA) is 111 Å². The van der Waals surface area contributed by atoms with E-state index < -0.39 is 23.0 Å². The van der Waals surface area contributed by atoms with Crippen molar-refractivity contribution >= 4 is 27.6 Å². The molecule has 4 rings (SSSR count). The van der Waals surface area contributed by atoms with Gasteiger partial charge in [-0.2, -0.15) is 0 Å². The molecule has 3 heterocycles. The Labute approximate surface area is 167 Å². The van der Waals surface area contributed by atoms with Gasteiger partial charge in [-0.15, -0.1) is 0 Å². The molecule has 0 saturated heterocycles. The first kappa shape index (κ1) is 19.1. The lowest BCUT2D eigenvalue weighted by atomic mass is 9.89. The van der Waals surface area contributed by atoms with Crippen LogP contribution in [0.1, 0.15) is 52.9 Å². The standard InChI is InChI=1S/C22H25N3O4/c1-21(2,3)12-8-7-10-11(23-12)9-13(22(4,5)6)25-15-14(24-20(10)25)16(26)18(28)19(29)17(15)27/h7-9,26-29H,1-6H3. The first-order chi connectivity index (χ1) is 13.3. The zero-order chi connectivity index (χ0) is 21.5. The van der Waals surface area contributed by atoms with E-state index in [1.54, 1.807) is 4.40 Å². The summed E-state index contributed by atoms with van der Waals surface area (Å²) in [6, 6.07) is 5.80. The summed E-state index contributed by atoms with van der Waals surface area (Å²) < 4.78 is 1.71. The van der Waals surface area contributed by atoms with Gasteiger partial charge in [0.15, 0.2) is 11.5 Å². The van der Waals surface area contributed by atoms with Crippen molar-refractivity contribution in [3.05, 3.63) is 29.6 Å². The average molecular weight is 395 g/mol. The molecule has 29 heavy (non-hydrogen) atoms. The molecular weight excluding hydrogens is 370 g/mol. The Morgan fingerprint density at radius 2 is 1.38 bits per heavy atom. The maximum Gasteiger partial charge on any atom is 0.206 e. The van der Waals surface area contributed by atoms with Crippen molar-refractivity contribution in [2.45, 2.75) is 52.4 Å². The fourth-order valence-electron chi connectivity index (χ4n) is 3.61. The number of hydrogen-bond acceptors (Lipinski definition) is 6. The Bertz CT molecular complexity index is 1310. The van der Waals surface area contributed by atoms with E-state index in [0.29, 0.717) is 5.65 Å². The Balaban J connectivity index is 2.29. The van der Waals surface area contributed by atoms with Gasteiger partial charge in [0.1, 0.15) is 16.7 Å². The molecule has 7 heteroatoms. The second-order valence-corrected chi connectivity index (χ2v) is 9.52. The van der Waals surface area contributed by atoms with Gasteiger partial charge in [0.05, 0.1) is 5.52 Å². The van der Waals surface area contributed by atoms with Crippen LogP contribution in [0.4, 0.5) is 0 Å². The van der Waals surface area contributed by atoms with Crippen LogP contribution in [0.3, 0.4) is 0 Å². The van der Waals surface area contributed by atoms with Crippen LogP contribution >= 0.6 is 0 Å². The predicted octanol–water partition coefficient (Wildman–Crippen LogP) is 4.45. The Hall–Kier alpha value is -3.22. The van der Waals surface area contributed by atoms with E-state index in [2.05, 4.69) is 25.8 Å². The number of aromatic nitrogens is 3. The molecule has 0 spiro atoms. The summed E-state index contributed by atoms with van der Waals surface area (Å²) in [6.07, 6.45) is 0. The molecule has 0 aliphatic rings. The molecule has 0 atom stereocenters. The van der Waals surface area contributed by atoms with E-state index in [-0.39, 0.29) is 21.9 Å². The monoisotopic (exact) mass is 395 g/mol. The van der Waals surface area contributed by atoms with Crippen molar-refractivity contribution in [1.29, 1.82) is 0 Å². The number of phenols is 4. The lowest BCUT2D eigenvalue weighted by molar-refractivity contribution is 0.350. The molecule has 7 nitrogen and oxygen atoms in total. The molecule has 0 unspecified atom stereocenters. The number of hydrogen-bond donors (Lipinski definition) is 4. The van der Waals surface area contributed by atoms with Crippen molar-refractivity contribution in [3.8, 4) is 23.0 Å². The molecule has 152 valence electrons. The van der Waals surface area contributed by atoms with Crippen LogP contribution in [-0.2, 0) is 10.8 Å². The molecule has 4 aromatic rings. The number of nitrogens with zero attached hydrogens (tertiary/aromatic N) is 3. The zero-order valence-corrected chi connectivity index (χ0v) is 17.4. The fraction of sp³-hybridized carbons (Fsp3) is 0.364. The molecule has 0 saturated carbocycles. The minimum absolute atomic E-state index is 0.00991. The normalized spacial score (nSPS) is 13.0. The summed E-state index contributed by atoms with van der Waals surface area (Å²) in [5.74, 6) is -2.69. The second kappa shape index (κ2) is 5.65. The van der Waals surface area contributed by atoms with Gasteiger partial charge in [-0.3, -0.25) is 9.38 Å².